The van der Waals surface area contributed by atoms with Crippen LogP contribution in [0.3, 0.4) is 0 Å². The Morgan fingerprint density at radius 2 is 1.89 bits per heavy atom. The highest BCUT2D eigenvalue weighted by atomic mass is 79.9. The Hall–Kier alpha value is -3.57. The Morgan fingerprint density at radius 1 is 1.14 bits per heavy atom. The monoisotopic (exact) mass is 573 g/mol. The zero-order chi connectivity index (χ0) is 25.7. The maximum absolute atomic E-state index is 13.6. The Bertz CT molecular complexity index is 1390. The molecule has 1 heterocycles. The molecule has 1 aliphatic heterocycles. The SMILES string of the molecule is COc1ccc(S(=O)(=O)N(CC(=O)N/N=C\c2cccc3c2OCCO3)c2ccc(C)cc2)cc1Br. The standard InChI is InChI=1S/C25H24BrN3O6S/c1-17-6-8-19(9-7-17)29(36(31,32)20-10-11-22(33-2)21(26)14-20)16-24(30)28-27-15-18-4-3-5-23-25(18)35-13-12-34-23/h3-11,14-15H,12-13,16H2,1-2H3,(H,28,30)/b27-15-. The molecule has 0 bridgehead atoms. The van der Waals surface area contributed by atoms with Crippen LogP contribution in [-0.4, -0.2) is 47.4 Å². The summed E-state index contributed by atoms with van der Waals surface area (Å²) in [6.07, 6.45) is 1.43. The molecule has 1 amide bonds. The molecule has 0 atom stereocenters. The van der Waals surface area contributed by atoms with Crippen LogP contribution in [0.4, 0.5) is 5.69 Å². The average Bonchev–Trinajstić information content (AvgIpc) is 2.88. The van der Waals surface area contributed by atoms with E-state index in [1.807, 2.05) is 6.92 Å². The summed E-state index contributed by atoms with van der Waals surface area (Å²) in [6.45, 7) is 2.27. The summed E-state index contributed by atoms with van der Waals surface area (Å²) in [6, 6.07) is 16.6. The highest BCUT2D eigenvalue weighted by Gasteiger charge is 2.28. The molecule has 0 aromatic heterocycles. The van der Waals surface area contributed by atoms with Gasteiger partial charge in [0.15, 0.2) is 11.5 Å². The van der Waals surface area contributed by atoms with Crippen molar-refractivity contribution >= 4 is 43.8 Å². The highest BCUT2D eigenvalue weighted by molar-refractivity contribution is 9.10. The smallest absolute Gasteiger partial charge is 0.264 e. The number of anilines is 1. The number of hydrazone groups is 1. The number of sulfonamides is 1. The summed E-state index contributed by atoms with van der Waals surface area (Å²) < 4.78 is 45.0. The number of para-hydroxylation sites is 1. The predicted octanol–water partition coefficient (Wildman–Crippen LogP) is 3.88. The number of carbonyl (C=O) groups is 1. The largest absolute Gasteiger partial charge is 0.496 e. The second kappa shape index (κ2) is 11.0. The topological polar surface area (TPSA) is 107 Å². The number of nitrogens with zero attached hydrogens (tertiary/aromatic N) is 2. The van der Waals surface area contributed by atoms with Gasteiger partial charge in [-0.1, -0.05) is 23.8 Å². The maximum Gasteiger partial charge on any atom is 0.264 e. The van der Waals surface area contributed by atoms with Crippen molar-refractivity contribution in [3.63, 3.8) is 0 Å². The summed E-state index contributed by atoms with van der Waals surface area (Å²) in [5.74, 6) is 1.000. The molecule has 0 spiro atoms. The summed E-state index contributed by atoms with van der Waals surface area (Å²) in [4.78, 5) is 12.8. The normalized spacial score (nSPS) is 12.9. The molecular formula is C25H24BrN3O6S. The van der Waals surface area contributed by atoms with E-state index in [4.69, 9.17) is 14.2 Å². The molecule has 3 aromatic carbocycles. The van der Waals surface area contributed by atoms with Crippen molar-refractivity contribution in [1.29, 1.82) is 0 Å². The number of aryl methyl sites for hydroxylation is 1. The van der Waals surface area contributed by atoms with Crippen LogP contribution in [-0.2, 0) is 14.8 Å². The molecule has 0 fully saturated rings. The minimum Gasteiger partial charge on any atom is -0.496 e. The van der Waals surface area contributed by atoms with E-state index in [1.165, 1.54) is 25.5 Å². The number of amides is 1. The summed E-state index contributed by atoms with van der Waals surface area (Å²) in [7, 11) is -2.61. The van der Waals surface area contributed by atoms with Crippen LogP contribution in [0.15, 0.2) is 75.1 Å². The lowest BCUT2D eigenvalue weighted by atomic mass is 10.2. The number of halogens is 1. The minimum atomic E-state index is -4.10. The molecule has 3 aromatic rings. The molecule has 0 aliphatic carbocycles. The molecule has 0 saturated carbocycles. The number of methoxy groups -OCH3 is 1. The molecule has 4 rings (SSSR count). The molecule has 0 unspecified atom stereocenters. The molecule has 0 saturated heterocycles. The van der Waals surface area contributed by atoms with Gasteiger partial charge in [0.05, 0.1) is 28.4 Å². The van der Waals surface area contributed by atoms with Gasteiger partial charge in [-0.25, -0.2) is 13.8 Å². The molecule has 0 radical (unpaired) electrons. The Balaban J connectivity index is 1.57. The third kappa shape index (κ3) is 5.63. The first kappa shape index (κ1) is 25.5. The predicted molar refractivity (Wildman–Crippen MR) is 140 cm³/mol. The van der Waals surface area contributed by atoms with Crippen LogP contribution in [0, 0.1) is 6.92 Å². The first-order chi connectivity index (χ1) is 17.3. The number of benzene rings is 3. The van der Waals surface area contributed by atoms with Crippen molar-refractivity contribution in [2.24, 2.45) is 5.10 Å². The highest BCUT2D eigenvalue weighted by Crippen LogP contribution is 2.33. The summed E-state index contributed by atoms with van der Waals surface area (Å²) >= 11 is 3.32. The van der Waals surface area contributed by atoms with E-state index in [0.29, 0.717) is 46.2 Å². The van der Waals surface area contributed by atoms with Gasteiger partial charge >= 0.3 is 0 Å². The van der Waals surface area contributed by atoms with Crippen LogP contribution in [0.2, 0.25) is 0 Å². The summed E-state index contributed by atoms with van der Waals surface area (Å²) in [5.41, 5.74) is 4.32. The lowest BCUT2D eigenvalue weighted by molar-refractivity contribution is -0.119. The van der Waals surface area contributed by atoms with E-state index in [9.17, 15) is 13.2 Å². The van der Waals surface area contributed by atoms with Gasteiger partial charge in [-0.15, -0.1) is 0 Å². The second-order valence-electron chi connectivity index (χ2n) is 7.81. The Labute approximate surface area is 217 Å². The van der Waals surface area contributed by atoms with Crippen LogP contribution in [0.25, 0.3) is 0 Å². The second-order valence-corrected chi connectivity index (χ2v) is 10.5. The Kier molecular flexibility index (Phi) is 7.80. The molecule has 1 aliphatic rings. The number of carbonyl (C=O) groups excluding carboxylic acids is 1. The molecule has 36 heavy (non-hydrogen) atoms. The third-order valence-electron chi connectivity index (χ3n) is 5.31. The lowest BCUT2D eigenvalue weighted by Crippen LogP contribution is -2.39. The Morgan fingerprint density at radius 3 is 2.61 bits per heavy atom. The first-order valence-corrected chi connectivity index (χ1v) is 13.2. The van der Waals surface area contributed by atoms with Crippen molar-refractivity contribution in [3.05, 3.63) is 76.3 Å². The van der Waals surface area contributed by atoms with Gasteiger partial charge in [0.25, 0.3) is 15.9 Å². The number of hydrogen-bond acceptors (Lipinski definition) is 7. The fraction of sp³-hybridized carbons (Fsp3) is 0.200. The van der Waals surface area contributed by atoms with Gasteiger partial charge in [0.1, 0.15) is 25.5 Å². The maximum atomic E-state index is 13.6. The van der Waals surface area contributed by atoms with Gasteiger partial charge in [0.2, 0.25) is 0 Å². The number of nitrogens with one attached hydrogen (secondary N) is 1. The van der Waals surface area contributed by atoms with Gasteiger partial charge in [-0.2, -0.15) is 5.10 Å². The van der Waals surface area contributed by atoms with E-state index in [0.717, 1.165) is 9.87 Å². The van der Waals surface area contributed by atoms with E-state index in [2.05, 4.69) is 26.5 Å². The van der Waals surface area contributed by atoms with Gasteiger partial charge in [-0.3, -0.25) is 9.10 Å². The minimum absolute atomic E-state index is 0.000105. The van der Waals surface area contributed by atoms with Crippen molar-refractivity contribution < 1.29 is 27.4 Å². The number of ether oxygens (including phenoxy) is 3. The number of fused-ring (bicyclic) bond motifs is 1. The lowest BCUT2D eigenvalue weighted by Gasteiger charge is -2.24. The zero-order valence-corrected chi connectivity index (χ0v) is 22.0. The van der Waals surface area contributed by atoms with E-state index >= 15 is 0 Å². The molecule has 1 N–H and O–H groups in total. The van der Waals surface area contributed by atoms with Crippen LogP contribution >= 0.6 is 15.9 Å². The van der Waals surface area contributed by atoms with Crippen molar-refractivity contribution in [1.82, 2.24) is 5.43 Å². The average molecular weight is 574 g/mol. The molecule has 9 nitrogen and oxygen atoms in total. The van der Waals surface area contributed by atoms with Crippen LogP contribution < -0.4 is 23.9 Å². The number of rotatable bonds is 8. The molecule has 188 valence electrons. The van der Waals surface area contributed by atoms with Gasteiger partial charge in [0, 0.05) is 5.56 Å². The van der Waals surface area contributed by atoms with E-state index in [1.54, 1.807) is 48.5 Å². The van der Waals surface area contributed by atoms with Crippen molar-refractivity contribution in [2.45, 2.75) is 11.8 Å². The molecule has 11 heteroatoms. The molecular weight excluding hydrogens is 550 g/mol. The van der Waals surface area contributed by atoms with E-state index < -0.39 is 22.5 Å². The third-order valence-corrected chi connectivity index (χ3v) is 7.70. The quantitative estimate of drug-likeness (QED) is 0.324. The van der Waals surface area contributed by atoms with Crippen molar-refractivity contribution in [2.75, 3.05) is 31.2 Å². The van der Waals surface area contributed by atoms with Gasteiger partial charge in [-0.05, 0) is 65.3 Å². The first-order valence-electron chi connectivity index (χ1n) is 10.9. The van der Waals surface area contributed by atoms with Gasteiger partial charge < -0.3 is 14.2 Å². The zero-order valence-electron chi connectivity index (χ0n) is 19.6. The van der Waals surface area contributed by atoms with Crippen LogP contribution in [0.1, 0.15) is 11.1 Å². The van der Waals surface area contributed by atoms with E-state index in [-0.39, 0.29) is 4.90 Å². The van der Waals surface area contributed by atoms with Crippen LogP contribution in [0.5, 0.6) is 17.2 Å². The fourth-order valence-electron chi connectivity index (χ4n) is 3.50. The van der Waals surface area contributed by atoms with Crippen molar-refractivity contribution in [3.8, 4) is 17.2 Å². The fourth-order valence-corrected chi connectivity index (χ4v) is 5.64. The number of hydrogen-bond donors (Lipinski definition) is 1. The summed E-state index contributed by atoms with van der Waals surface area (Å²) in [5, 5.41) is 4.00.